The first-order valence-corrected chi connectivity index (χ1v) is 7.05. The van der Waals surface area contributed by atoms with Crippen LogP contribution in [-0.2, 0) is 14.3 Å². The lowest BCUT2D eigenvalue weighted by molar-refractivity contribution is -0.144. The molecule has 1 aliphatic rings. The van der Waals surface area contributed by atoms with Gasteiger partial charge in [-0.1, -0.05) is 25.7 Å². The Labute approximate surface area is 110 Å². The van der Waals surface area contributed by atoms with E-state index in [-0.39, 0.29) is 17.8 Å². The number of rotatable bonds is 5. The van der Waals surface area contributed by atoms with Crippen molar-refractivity contribution in [2.75, 3.05) is 20.2 Å². The van der Waals surface area contributed by atoms with E-state index < -0.39 is 0 Å². The fourth-order valence-electron chi connectivity index (χ4n) is 2.44. The lowest BCUT2D eigenvalue weighted by Gasteiger charge is -2.22. The maximum atomic E-state index is 12.2. The van der Waals surface area contributed by atoms with Crippen molar-refractivity contribution >= 4 is 11.9 Å². The van der Waals surface area contributed by atoms with Gasteiger partial charge in [0.15, 0.2) is 0 Å². The molecule has 4 heteroatoms. The molecule has 0 saturated heterocycles. The molecule has 1 amide bonds. The fraction of sp³-hybridized carbons (Fsp3) is 0.857. The third-order valence-corrected chi connectivity index (χ3v) is 3.54. The minimum Gasteiger partial charge on any atom is -0.466 e. The molecule has 0 aliphatic heterocycles. The molecule has 0 heterocycles. The normalized spacial score (nSPS) is 17.0. The van der Waals surface area contributed by atoms with Crippen LogP contribution in [0.3, 0.4) is 0 Å². The van der Waals surface area contributed by atoms with Crippen molar-refractivity contribution in [2.45, 2.75) is 51.9 Å². The molecule has 18 heavy (non-hydrogen) atoms. The largest absolute Gasteiger partial charge is 0.466 e. The highest BCUT2D eigenvalue weighted by Crippen LogP contribution is 2.24. The summed E-state index contributed by atoms with van der Waals surface area (Å²) in [5.74, 6) is 0.138. The number of carbonyl (C=O) groups is 2. The summed E-state index contributed by atoms with van der Waals surface area (Å²) >= 11 is 0. The molecule has 1 fully saturated rings. The summed E-state index contributed by atoms with van der Waals surface area (Å²) in [5.41, 5.74) is 0. The second-order valence-corrected chi connectivity index (χ2v) is 5.00. The molecule has 0 aromatic rings. The average Bonchev–Trinajstić information content (AvgIpc) is 2.64. The average molecular weight is 255 g/mol. The van der Waals surface area contributed by atoms with Crippen molar-refractivity contribution in [3.8, 4) is 0 Å². The molecule has 4 nitrogen and oxygen atoms in total. The van der Waals surface area contributed by atoms with Crippen molar-refractivity contribution < 1.29 is 14.3 Å². The quantitative estimate of drug-likeness (QED) is 0.559. The highest BCUT2D eigenvalue weighted by molar-refractivity contribution is 5.79. The summed E-state index contributed by atoms with van der Waals surface area (Å²) in [7, 11) is 1.78. The Balaban J connectivity index is 2.33. The molecule has 0 atom stereocenters. The van der Waals surface area contributed by atoms with E-state index in [0.717, 1.165) is 25.7 Å². The van der Waals surface area contributed by atoms with Gasteiger partial charge in [0.1, 0.15) is 0 Å². The van der Waals surface area contributed by atoms with E-state index in [0.29, 0.717) is 19.6 Å². The Morgan fingerprint density at radius 3 is 2.33 bits per heavy atom. The van der Waals surface area contributed by atoms with E-state index in [9.17, 15) is 9.59 Å². The van der Waals surface area contributed by atoms with Crippen molar-refractivity contribution in [1.82, 2.24) is 4.90 Å². The first-order valence-electron chi connectivity index (χ1n) is 7.05. The molecule has 0 aromatic carbocycles. The van der Waals surface area contributed by atoms with Crippen LogP contribution in [0.15, 0.2) is 0 Å². The number of esters is 1. The van der Waals surface area contributed by atoms with E-state index >= 15 is 0 Å². The number of carbonyl (C=O) groups excluding carboxylic acids is 2. The SMILES string of the molecule is CCOC(=O)CCN(C)C(=O)C1CCCCCC1. The molecular formula is C14H25NO3. The second kappa shape index (κ2) is 8.11. The predicted molar refractivity (Wildman–Crippen MR) is 70.1 cm³/mol. The number of hydrogen-bond donors (Lipinski definition) is 0. The zero-order chi connectivity index (χ0) is 13.4. The van der Waals surface area contributed by atoms with Gasteiger partial charge in [-0.3, -0.25) is 9.59 Å². The van der Waals surface area contributed by atoms with Gasteiger partial charge in [-0.2, -0.15) is 0 Å². The molecule has 0 bridgehead atoms. The predicted octanol–water partition coefficient (Wildman–Crippen LogP) is 2.37. The summed E-state index contributed by atoms with van der Waals surface area (Å²) in [6, 6.07) is 0. The molecule has 0 spiro atoms. The smallest absolute Gasteiger partial charge is 0.307 e. The van der Waals surface area contributed by atoms with Gasteiger partial charge < -0.3 is 9.64 Å². The van der Waals surface area contributed by atoms with E-state index in [4.69, 9.17) is 4.74 Å². The van der Waals surface area contributed by atoms with Crippen LogP contribution >= 0.6 is 0 Å². The van der Waals surface area contributed by atoms with Gasteiger partial charge >= 0.3 is 5.97 Å². The van der Waals surface area contributed by atoms with E-state index in [2.05, 4.69) is 0 Å². The zero-order valence-electron chi connectivity index (χ0n) is 11.6. The Morgan fingerprint density at radius 1 is 1.17 bits per heavy atom. The summed E-state index contributed by atoms with van der Waals surface area (Å²) in [6.07, 6.45) is 7.10. The van der Waals surface area contributed by atoms with Gasteiger partial charge in [-0.05, 0) is 19.8 Å². The fourth-order valence-corrected chi connectivity index (χ4v) is 2.44. The third-order valence-electron chi connectivity index (χ3n) is 3.54. The summed E-state index contributed by atoms with van der Waals surface area (Å²) < 4.78 is 4.86. The van der Waals surface area contributed by atoms with Gasteiger partial charge in [0.25, 0.3) is 0 Å². The lowest BCUT2D eigenvalue weighted by Crippen LogP contribution is -2.34. The maximum Gasteiger partial charge on any atom is 0.307 e. The van der Waals surface area contributed by atoms with Crippen LogP contribution in [0.4, 0.5) is 0 Å². The van der Waals surface area contributed by atoms with E-state index in [1.165, 1.54) is 12.8 Å². The Morgan fingerprint density at radius 2 is 1.78 bits per heavy atom. The number of ether oxygens (including phenoxy) is 1. The van der Waals surface area contributed by atoms with E-state index in [1.807, 2.05) is 0 Å². The lowest BCUT2D eigenvalue weighted by atomic mass is 9.99. The highest BCUT2D eigenvalue weighted by Gasteiger charge is 2.23. The molecule has 0 N–H and O–H groups in total. The van der Waals surface area contributed by atoms with Crippen LogP contribution in [0.1, 0.15) is 51.9 Å². The third kappa shape index (κ3) is 5.07. The summed E-state index contributed by atoms with van der Waals surface area (Å²) in [4.78, 5) is 25.1. The zero-order valence-corrected chi connectivity index (χ0v) is 11.6. The van der Waals surface area contributed by atoms with Crippen LogP contribution < -0.4 is 0 Å². The van der Waals surface area contributed by atoms with Crippen LogP contribution in [0.5, 0.6) is 0 Å². The first-order chi connectivity index (χ1) is 8.65. The van der Waals surface area contributed by atoms with Crippen molar-refractivity contribution in [3.63, 3.8) is 0 Å². The molecule has 1 saturated carbocycles. The molecular weight excluding hydrogens is 230 g/mol. The minimum absolute atomic E-state index is 0.166. The van der Waals surface area contributed by atoms with Crippen LogP contribution in [-0.4, -0.2) is 37.0 Å². The van der Waals surface area contributed by atoms with Gasteiger partial charge in [-0.25, -0.2) is 0 Å². The van der Waals surface area contributed by atoms with Gasteiger partial charge in [0.2, 0.25) is 5.91 Å². The van der Waals surface area contributed by atoms with Gasteiger partial charge in [0, 0.05) is 19.5 Å². The molecule has 0 radical (unpaired) electrons. The summed E-state index contributed by atoms with van der Waals surface area (Å²) in [6.45, 7) is 2.66. The Bertz CT molecular complexity index is 270. The second-order valence-electron chi connectivity index (χ2n) is 5.00. The van der Waals surface area contributed by atoms with Gasteiger partial charge in [0.05, 0.1) is 13.0 Å². The van der Waals surface area contributed by atoms with Crippen LogP contribution in [0, 0.1) is 5.92 Å². The number of hydrogen-bond acceptors (Lipinski definition) is 3. The topological polar surface area (TPSA) is 46.6 Å². The number of amides is 1. The molecule has 0 aromatic heterocycles. The van der Waals surface area contributed by atoms with Crippen molar-refractivity contribution in [2.24, 2.45) is 5.92 Å². The molecule has 1 rings (SSSR count). The van der Waals surface area contributed by atoms with Crippen molar-refractivity contribution in [3.05, 3.63) is 0 Å². The minimum atomic E-state index is -0.224. The van der Waals surface area contributed by atoms with Crippen LogP contribution in [0.2, 0.25) is 0 Å². The Hall–Kier alpha value is -1.06. The maximum absolute atomic E-state index is 12.2. The monoisotopic (exact) mass is 255 g/mol. The Kier molecular flexibility index (Phi) is 6.76. The highest BCUT2D eigenvalue weighted by atomic mass is 16.5. The first kappa shape index (κ1) is 15.0. The van der Waals surface area contributed by atoms with Crippen molar-refractivity contribution in [1.29, 1.82) is 0 Å². The summed E-state index contributed by atoms with van der Waals surface area (Å²) in [5, 5.41) is 0. The van der Waals surface area contributed by atoms with Gasteiger partial charge in [-0.15, -0.1) is 0 Å². The standard InChI is InChI=1S/C14H25NO3/c1-3-18-13(16)10-11-15(2)14(17)12-8-6-4-5-7-9-12/h12H,3-11H2,1-2H3. The molecule has 1 aliphatic carbocycles. The van der Waals surface area contributed by atoms with E-state index in [1.54, 1.807) is 18.9 Å². The molecule has 104 valence electrons. The molecule has 0 unspecified atom stereocenters. The number of nitrogens with zero attached hydrogens (tertiary/aromatic N) is 1. The van der Waals surface area contributed by atoms with Crippen LogP contribution in [0.25, 0.3) is 0 Å².